The van der Waals surface area contributed by atoms with Crippen LogP contribution in [0.25, 0.3) is 17.0 Å². The van der Waals surface area contributed by atoms with E-state index in [1.807, 2.05) is 30.3 Å². The highest BCUT2D eigenvalue weighted by molar-refractivity contribution is 5.90. The fourth-order valence-electron chi connectivity index (χ4n) is 2.74. The van der Waals surface area contributed by atoms with Crippen LogP contribution < -0.4 is 10.2 Å². The summed E-state index contributed by atoms with van der Waals surface area (Å²) < 4.78 is 3.05. The lowest BCUT2D eigenvalue weighted by molar-refractivity contribution is -0.770. The number of aromatic amines is 1. The molecule has 134 valence electrons. The normalized spacial score (nSPS) is 12.5. The van der Waals surface area contributed by atoms with Gasteiger partial charge in [0.25, 0.3) is 5.91 Å². The van der Waals surface area contributed by atoms with E-state index in [2.05, 4.69) is 10.2 Å². The minimum absolute atomic E-state index is 0.158. The highest BCUT2D eigenvalue weighted by Crippen LogP contribution is 2.22. The maximum absolute atomic E-state index is 11.4. The first-order valence-corrected chi connectivity index (χ1v) is 7.85. The van der Waals surface area contributed by atoms with Crippen molar-refractivity contribution in [3.63, 3.8) is 0 Å². The third-order valence-corrected chi connectivity index (χ3v) is 3.99. The second-order valence-corrected chi connectivity index (χ2v) is 5.78. The van der Waals surface area contributed by atoms with E-state index in [-0.39, 0.29) is 6.42 Å². The Labute approximate surface area is 148 Å². The van der Waals surface area contributed by atoms with Gasteiger partial charge in [0.1, 0.15) is 7.05 Å². The van der Waals surface area contributed by atoms with Crippen molar-refractivity contribution in [1.29, 1.82) is 0 Å². The van der Waals surface area contributed by atoms with Crippen molar-refractivity contribution in [2.24, 2.45) is 7.05 Å². The molecule has 4 N–H and O–H groups in total. The molecule has 0 saturated carbocycles. The molecule has 0 aliphatic carbocycles. The van der Waals surface area contributed by atoms with Gasteiger partial charge in [0.2, 0.25) is 0 Å². The molecule has 0 fully saturated rings. The molecule has 3 aromatic rings. The summed E-state index contributed by atoms with van der Waals surface area (Å²) in [5.74, 6) is -1.63. The van der Waals surface area contributed by atoms with Crippen molar-refractivity contribution >= 4 is 28.9 Å². The van der Waals surface area contributed by atoms with Crippen molar-refractivity contribution in [2.45, 2.75) is 12.5 Å². The van der Waals surface area contributed by atoms with Gasteiger partial charge in [-0.3, -0.25) is 14.8 Å². The number of benzene rings is 1. The summed E-state index contributed by atoms with van der Waals surface area (Å²) in [5, 5.41) is 23.2. The number of nitrogens with one attached hydrogen (secondary N) is 2. The minimum atomic E-state index is -0.955. The highest BCUT2D eigenvalue weighted by Gasteiger charge is 2.27. The molecule has 1 amide bonds. The third kappa shape index (κ3) is 3.62. The van der Waals surface area contributed by atoms with Crippen LogP contribution >= 0.6 is 0 Å². The average Bonchev–Trinajstić information content (AvgIpc) is 3.20. The maximum Gasteiger partial charge on any atom is 0.308 e. The summed E-state index contributed by atoms with van der Waals surface area (Å²) in [4.78, 5) is 25.7. The second-order valence-electron chi connectivity index (χ2n) is 5.78. The van der Waals surface area contributed by atoms with Crippen molar-refractivity contribution in [3.05, 3.63) is 54.0 Å². The first-order chi connectivity index (χ1) is 12.5. The highest BCUT2D eigenvalue weighted by atomic mass is 16.5. The van der Waals surface area contributed by atoms with Gasteiger partial charge in [-0.25, -0.2) is 5.48 Å². The van der Waals surface area contributed by atoms with Gasteiger partial charge in [-0.1, -0.05) is 18.2 Å². The molecule has 9 nitrogen and oxygen atoms in total. The molecule has 1 aromatic carbocycles. The van der Waals surface area contributed by atoms with E-state index in [0.717, 1.165) is 22.7 Å². The average molecular weight is 356 g/mol. The van der Waals surface area contributed by atoms with Crippen LogP contribution in [0, 0.1) is 0 Å². The van der Waals surface area contributed by atoms with E-state index < -0.39 is 17.9 Å². The Balaban J connectivity index is 1.99. The molecule has 26 heavy (non-hydrogen) atoms. The lowest BCUT2D eigenvalue weighted by atomic mass is 10.1. The van der Waals surface area contributed by atoms with Crippen molar-refractivity contribution in [2.75, 3.05) is 0 Å². The molecule has 2 heterocycles. The van der Waals surface area contributed by atoms with Gasteiger partial charge in [0.05, 0.1) is 17.3 Å². The van der Waals surface area contributed by atoms with E-state index in [1.54, 1.807) is 13.2 Å². The molecule has 0 aliphatic rings. The number of nitrogens with zero attached hydrogens (tertiary/aromatic N) is 3. The number of rotatable bonds is 6. The first-order valence-electron chi connectivity index (χ1n) is 7.85. The summed E-state index contributed by atoms with van der Waals surface area (Å²) >= 11 is 0. The van der Waals surface area contributed by atoms with Crippen LogP contribution in [0.3, 0.4) is 0 Å². The van der Waals surface area contributed by atoms with E-state index >= 15 is 0 Å². The number of hydrogen-bond acceptors (Lipinski definition) is 4. The number of hydrogen-bond donors (Lipinski definition) is 4. The second kappa shape index (κ2) is 7.19. The standard InChI is InChI=1S/C17H17N5O4/c1-21-12(6-7-16(23)19-26)10-22(20-21)15(9-17(24)25)14-8-11-4-2-3-5-13(11)18-14/h2-8,10,15,18H,9H2,1H3,(H2-,19,20,23,24,25,26)/p+1. The number of hydroxylamine groups is 1. The Kier molecular flexibility index (Phi) is 4.81. The van der Waals surface area contributed by atoms with Gasteiger partial charge < -0.3 is 10.1 Å². The zero-order valence-corrected chi connectivity index (χ0v) is 14.0. The zero-order chi connectivity index (χ0) is 18.7. The molecule has 0 radical (unpaired) electrons. The van der Waals surface area contributed by atoms with Crippen LogP contribution in [0.2, 0.25) is 0 Å². The Hall–Kier alpha value is -3.46. The van der Waals surface area contributed by atoms with Crippen molar-refractivity contribution in [1.82, 2.24) is 20.4 Å². The van der Waals surface area contributed by atoms with Crippen LogP contribution in [-0.2, 0) is 16.6 Å². The summed E-state index contributed by atoms with van der Waals surface area (Å²) in [5.41, 5.74) is 3.71. The van der Waals surface area contributed by atoms with E-state index in [9.17, 15) is 14.7 Å². The summed E-state index contributed by atoms with van der Waals surface area (Å²) in [7, 11) is 1.68. The van der Waals surface area contributed by atoms with Gasteiger partial charge in [-0.2, -0.15) is 0 Å². The van der Waals surface area contributed by atoms with Gasteiger partial charge in [-0.05, 0) is 23.6 Å². The quantitative estimate of drug-likeness (QED) is 0.225. The topological polar surface area (TPSA) is 124 Å². The van der Waals surface area contributed by atoms with Crippen molar-refractivity contribution in [3.8, 4) is 0 Å². The lowest BCUT2D eigenvalue weighted by Gasteiger charge is -2.07. The Morgan fingerprint density at radius 1 is 1.42 bits per heavy atom. The van der Waals surface area contributed by atoms with E-state index in [1.165, 1.54) is 20.9 Å². The Bertz CT molecular complexity index is 955. The molecule has 2 aromatic heterocycles. The molecule has 0 spiro atoms. The third-order valence-electron chi connectivity index (χ3n) is 3.99. The molecular formula is C17H18N5O4+. The number of carboxylic acids is 1. The number of aryl methyl sites for hydroxylation is 1. The predicted molar refractivity (Wildman–Crippen MR) is 91.1 cm³/mol. The molecule has 0 aliphatic heterocycles. The smallest absolute Gasteiger partial charge is 0.308 e. The summed E-state index contributed by atoms with van der Waals surface area (Å²) in [6.07, 6.45) is 4.10. The van der Waals surface area contributed by atoms with Crippen LogP contribution in [0.15, 0.2) is 42.6 Å². The summed E-state index contributed by atoms with van der Waals surface area (Å²) in [6.45, 7) is 0. The fourth-order valence-corrected chi connectivity index (χ4v) is 2.74. The summed E-state index contributed by atoms with van der Waals surface area (Å²) in [6, 6.07) is 9.03. The number of aromatic nitrogens is 4. The Morgan fingerprint density at radius 3 is 2.88 bits per heavy atom. The molecule has 1 unspecified atom stereocenters. The van der Waals surface area contributed by atoms with E-state index in [4.69, 9.17) is 5.21 Å². The van der Waals surface area contributed by atoms with Crippen LogP contribution in [0.4, 0.5) is 0 Å². The number of H-pyrrole nitrogens is 1. The molecule has 3 rings (SSSR count). The number of aliphatic carboxylic acids is 1. The number of amides is 1. The Morgan fingerprint density at radius 2 is 2.19 bits per heavy atom. The first kappa shape index (κ1) is 17.4. The molecular weight excluding hydrogens is 338 g/mol. The van der Waals surface area contributed by atoms with Crippen LogP contribution in [0.5, 0.6) is 0 Å². The van der Waals surface area contributed by atoms with Crippen molar-refractivity contribution < 1.29 is 24.6 Å². The fraction of sp³-hybridized carbons (Fsp3) is 0.176. The van der Waals surface area contributed by atoms with Crippen LogP contribution in [-0.4, -0.2) is 37.1 Å². The number of carbonyl (C=O) groups excluding carboxylic acids is 1. The van der Waals surface area contributed by atoms with Crippen LogP contribution in [0.1, 0.15) is 23.9 Å². The zero-order valence-electron chi connectivity index (χ0n) is 14.0. The van der Waals surface area contributed by atoms with E-state index in [0.29, 0.717) is 5.69 Å². The lowest BCUT2D eigenvalue weighted by Crippen LogP contribution is -2.43. The predicted octanol–water partition coefficient (Wildman–Crippen LogP) is 0.772. The number of fused-ring (bicyclic) bond motifs is 1. The van der Waals surface area contributed by atoms with Gasteiger partial charge >= 0.3 is 5.97 Å². The maximum atomic E-state index is 11.4. The van der Waals surface area contributed by atoms with Gasteiger partial charge in [-0.15, -0.1) is 9.36 Å². The number of carboxylic acid groups (broad SMARTS) is 1. The minimum Gasteiger partial charge on any atom is -0.481 e. The molecule has 0 saturated heterocycles. The molecule has 9 heteroatoms. The largest absolute Gasteiger partial charge is 0.481 e. The molecule has 1 atom stereocenters. The van der Waals surface area contributed by atoms with Gasteiger partial charge in [0, 0.05) is 11.6 Å². The number of carbonyl (C=O) groups is 2. The monoisotopic (exact) mass is 356 g/mol. The van der Waals surface area contributed by atoms with Gasteiger partial charge in [0.15, 0.2) is 17.9 Å². The number of para-hydroxylation sites is 1. The SMILES string of the molecule is Cn1n[n+](C(CC(=O)O)c2cc3ccccc3[nH]2)cc1C=CC(=O)NO. The molecule has 0 bridgehead atoms.